The molecule has 8 nitrogen and oxygen atoms in total. The average Bonchev–Trinajstić information content (AvgIpc) is 3.18. The number of pyridine rings is 1. The van der Waals surface area contributed by atoms with Crippen LogP contribution in [0.2, 0.25) is 0 Å². The summed E-state index contributed by atoms with van der Waals surface area (Å²) in [7, 11) is 1.62. The molecule has 3 heterocycles. The van der Waals surface area contributed by atoms with E-state index in [1.54, 1.807) is 30.4 Å². The number of amidine groups is 1. The number of halogens is 1. The monoisotopic (exact) mass is 530 g/mol. The van der Waals surface area contributed by atoms with Crippen molar-refractivity contribution in [3.63, 3.8) is 0 Å². The summed E-state index contributed by atoms with van der Waals surface area (Å²) in [6.45, 7) is 4.31. The molecule has 0 saturated heterocycles. The highest BCUT2D eigenvalue weighted by Crippen LogP contribution is 2.40. The molecule has 160 valence electrons. The van der Waals surface area contributed by atoms with Crippen LogP contribution in [0.1, 0.15) is 45.2 Å². The van der Waals surface area contributed by atoms with Gasteiger partial charge in [0.05, 0.1) is 18.4 Å². The lowest BCUT2D eigenvalue weighted by atomic mass is 10.1. The van der Waals surface area contributed by atoms with Gasteiger partial charge in [0.1, 0.15) is 21.2 Å². The van der Waals surface area contributed by atoms with E-state index in [1.165, 1.54) is 6.20 Å². The van der Waals surface area contributed by atoms with E-state index >= 15 is 0 Å². The number of aromatic nitrogens is 3. The minimum absolute atomic E-state index is 0.260. The highest BCUT2D eigenvalue weighted by molar-refractivity contribution is 14.1. The summed E-state index contributed by atoms with van der Waals surface area (Å²) in [5.74, 6) is 1.52. The van der Waals surface area contributed by atoms with Crippen molar-refractivity contribution < 1.29 is 9.53 Å². The Labute approximate surface area is 194 Å². The van der Waals surface area contributed by atoms with Gasteiger partial charge < -0.3 is 4.74 Å². The van der Waals surface area contributed by atoms with Gasteiger partial charge >= 0.3 is 0 Å². The fourth-order valence-electron chi connectivity index (χ4n) is 3.37. The Bertz CT molecular complexity index is 1110. The summed E-state index contributed by atoms with van der Waals surface area (Å²) in [5, 5.41) is 9.40. The first kappa shape index (κ1) is 21.3. The lowest BCUT2D eigenvalue weighted by molar-refractivity contribution is 0.0864. The van der Waals surface area contributed by atoms with Crippen LogP contribution in [-0.4, -0.2) is 39.0 Å². The lowest BCUT2D eigenvalue weighted by Crippen LogP contribution is -2.48. The molecule has 0 bridgehead atoms. The summed E-state index contributed by atoms with van der Waals surface area (Å²) in [6, 6.07) is 11.1. The Kier molecular flexibility index (Phi) is 6.21. The molecule has 1 aliphatic heterocycles. The number of aromatic amines is 1. The number of hydrogen-bond donors (Lipinski definition) is 2. The van der Waals surface area contributed by atoms with Crippen molar-refractivity contribution in [2.75, 3.05) is 7.11 Å². The van der Waals surface area contributed by atoms with Crippen molar-refractivity contribution in [2.45, 2.75) is 24.3 Å². The van der Waals surface area contributed by atoms with E-state index in [-0.39, 0.29) is 9.96 Å². The molecule has 0 saturated carbocycles. The predicted molar refractivity (Wildman–Crippen MR) is 127 cm³/mol. The number of carbonyl (C=O) groups is 1. The maximum Gasteiger partial charge on any atom is 0.271 e. The molecule has 31 heavy (non-hydrogen) atoms. The molecule has 0 spiro atoms. The number of amides is 1. The Morgan fingerprint density at radius 2 is 2.16 bits per heavy atom. The first-order chi connectivity index (χ1) is 15.0. The number of rotatable bonds is 6. The maximum atomic E-state index is 12.9. The van der Waals surface area contributed by atoms with Gasteiger partial charge in [-0.2, -0.15) is 5.10 Å². The molecule has 1 aliphatic rings. The first-order valence-corrected chi connectivity index (χ1v) is 11.2. The minimum Gasteiger partial charge on any atom is -0.497 e. The van der Waals surface area contributed by atoms with Crippen LogP contribution in [0.5, 0.6) is 5.75 Å². The lowest BCUT2D eigenvalue weighted by Gasteiger charge is -2.33. The van der Waals surface area contributed by atoms with Crippen LogP contribution in [0.25, 0.3) is 0 Å². The van der Waals surface area contributed by atoms with Gasteiger partial charge in [-0.25, -0.2) is 10.0 Å². The summed E-state index contributed by atoms with van der Waals surface area (Å²) >= 11 is 2.27. The molecule has 0 fully saturated rings. The Balaban J connectivity index is 1.78. The molecular weight excluding hydrogens is 507 g/mol. The summed E-state index contributed by atoms with van der Waals surface area (Å²) in [6.07, 6.45) is 4.00. The molecule has 1 unspecified atom stereocenters. The van der Waals surface area contributed by atoms with E-state index in [4.69, 9.17) is 9.73 Å². The zero-order chi connectivity index (χ0) is 22.0. The standard InChI is InChI=1S/C22H23IN6O2/c1-13(2)10-17-18-19(27-26-17)20(23)29(28-22(30)15-7-5-9-24-12-15)21(25-18)14-6-4-8-16(11-14)31-3/h4-9,11-13,20H,10H2,1-3H3,(H,26,27)(H,28,30). The number of alkyl halides is 1. The maximum absolute atomic E-state index is 12.9. The van der Waals surface area contributed by atoms with E-state index in [2.05, 4.69) is 57.0 Å². The molecule has 9 heteroatoms. The van der Waals surface area contributed by atoms with E-state index in [0.717, 1.165) is 29.1 Å². The number of H-pyrrole nitrogens is 1. The minimum atomic E-state index is -0.272. The molecular formula is C22H23IN6O2. The molecule has 1 amide bonds. The third kappa shape index (κ3) is 4.41. The van der Waals surface area contributed by atoms with Crippen LogP contribution in [-0.2, 0) is 6.42 Å². The van der Waals surface area contributed by atoms with Crippen LogP contribution in [0.15, 0.2) is 53.8 Å². The van der Waals surface area contributed by atoms with Crippen molar-refractivity contribution in [2.24, 2.45) is 10.9 Å². The zero-order valence-electron chi connectivity index (χ0n) is 17.5. The number of nitrogens with one attached hydrogen (secondary N) is 2. The Morgan fingerprint density at radius 1 is 1.32 bits per heavy atom. The van der Waals surface area contributed by atoms with E-state index in [9.17, 15) is 4.79 Å². The van der Waals surface area contributed by atoms with Gasteiger partial charge in [0.2, 0.25) is 0 Å². The largest absolute Gasteiger partial charge is 0.497 e. The number of methoxy groups -OCH3 is 1. The number of ether oxygens (including phenoxy) is 1. The smallest absolute Gasteiger partial charge is 0.271 e. The van der Waals surface area contributed by atoms with Gasteiger partial charge in [0.25, 0.3) is 5.91 Å². The van der Waals surface area contributed by atoms with Crippen molar-refractivity contribution in [1.82, 2.24) is 25.6 Å². The number of carbonyl (C=O) groups excluding carboxylic acids is 1. The van der Waals surface area contributed by atoms with Crippen molar-refractivity contribution in [1.29, 1.82) is 0 Å². The second-order valence-electron chi connectivity index (χ2n) is 7.59. The van der Waals surface area contributed by atoms with Crippen molar-refractivity contribution in [3.05, 3.63) is 71.3 Å². The summed E-state index contributed by atoms with van der Waals surface area (Å²) in [5.41, 5.74) is 6.88. The third-order valence-electron chi connectivity index (χ3n) is 4.82. The van der Waals surface area contributed by atoms with Crippen molar-refractivity contribution >= 4 is 40.0 Å². The van der Waals surface area contributed by atoms with Crippen LogP contribution in [0.4, 0.5) is 5.69 Å². The number of hydrazine groups is 1. The third-order valence-corrected chi connectivity index (χ3v) is 5.97. The quantitative estimate of drug-likeness (QED) is 0.283. The van der Waals surface area contributed by atoms with Gasteiger partial charge in [-0.1, -0.05) is 26.0 Å². The van der Waals surface area contributed by atoms with Crippen molar-refractivity contribution in [3.8, 4) is 5.75 Å². The van der Waals surface area contributed by atoms with Gasteiger partial charge in [-0.3, -0.25) is 20.3 Å². The molecule has 0 radical (unpaired) electrons. The van der Waals surface area contributed by atoms with Crippen LogP contribution < -0.4 is 10.2 Å². The topological polar surface area (TPSA) is 95.5 Å². The number of nitrogens with zero attached hydrogens (tertiary/aromatic N) is 4. The molecule has 2 N–H and O–H groups in total. The van der Waals surface area contributed by atoms with Crippen LogP contribution in [0.3, 0.4) is 0 Å². The molecule has 1 aromatic carbocycles. The number of hydrogen-bond acceptors (Lipinski definition) is 6. The molecule has 1 atom stereocenters. The fourth-order valence-corrected chi connectivity index (χ4v) is 4.20. The second-order valence-corrected chi connectivity index (χ2v) is 8.77. The predicted octanol–water partition coefficient (Wildman–Crippen LogP) is 4.18. The van der Waals surface area contributed by atoms with Gasteiger partial charge in [0.15, 0.2) is 5.84 Å². The normalized spacial score (nSPS) is 15.5. The number of aliphatic imine (C=N–C) groups is 1. The van der Waals surface area contributed by atoms with E-state index in [0.29, 0.717) is 23.1 Å². The Hall–Kier alpha value is -2.95. The number of benzene rings is 1. The van der Waals surface area contributed by atoms with Gasteiger partial charge in [0, 0.05) is 18.0 Å². The fraction of sp³-hybridized carbons (Fsp3) is 0.273. The highest BCUT2D eigenvalue weighted by Gasteiger charge is 2.34. The Morgan fingerprint density at radius 3 is 2.87 bits per heavy atom. The van der Waals surface area contributed by atoms with E-state index in [1.807, 2.05) is 24.3 Å². The molecule has 0 aliphatic carbocycles. The summed E-state index contributed by atoms with van der Waals surface area (Å²) in [4.78, 5) is 21.9. The molecule has 4 rings (SSSR count). The second kappa shape index (κ2) is 9.04. The van der Waals surface area contributed by atoms with E-state index < -0.39 is 0 Å². The molecule has 3 aromatic rings. The molecule has 2 aromatic heterocycles. The summed E-state index contributed by atoms with van der Waals surface area (Å²) < 4.78 is 5.14. The van der Waals surface area contributed by atoms with Gasteiger partial charge in [-0.15, -0.1) is 0 Å². The van der Waals surface area contributed by atoms with Crippen LogP contribution >= 0.6 is 22.6 Å². The first-order valence-electron chi connectivity index (χ1n) is 9.92. The van der Waals surface area contributed by atoms with Crippen LogP contribution in [0, 0.1) is 5.92 Å². The SMILES string of the molecule is COc1cccc(C2=Nc3c(n[nH]c3CC(C)C)C(I)N2NC(=O)c2cccnc2)c1. The number of fused-ring (bicyclic) bond motifs is 1. The van der Waals surface area contributed by atoms with Gasteiger partial charge in [-0.05, 0) is 59.2 Å². The highest BCUT2D eigenvalue weighted by atomic mass is 127. The zero-order valence-corrected chi connectivity index (χ0v) is 19.6. The average molecular weight is 530 g/mol.